The summed E-state index contributed by atoms with van der Waals surface area (Å²) in [5, 5.41) is 1.47. The Labute approximate surface area is 141 Å². The molecule has 0 nitrogen and oxygen atoms in total. The molecule has 3 aromatic carbocycles. The Kier molecular flexibility index (Phi) is 4.06. The molecule has 0 aromatic heterocycles. The van der Waals surface area contributed by atoms with Crippen molar-refractivity contribution in [1.29, 1.82) is 0 Å². The third-order valence-electron chi connectivity index (χ3n) is 4.20. The van der Waals surface area contributed by atoms with E-state index in [1.165, 1.54) is 12.1 Å². The molecular weight excluding hydrogens is 335 g/mol. The van der Waals surface area contributed by atoms with E-state index < -0.39 is 34.6 Å². The fourth-order valence-electron chi connectivity index (χ4n) is 2.73. The number of benzene rings is 3. The van der Waals surface area contributed by atoms with Crippen LogP contribution < -0.4 is 0 Å². The van der Waals surface area contributed by atoms with Crippen LogP contribution in [0.1, 0.15) is 26.3 Å². The van der Waals surface area contributed by atoms with Gasteiger partial charge in [0, 0.05) is 0 Å². The molecule has 0 bridgehead atoms. The predicted molar refractivity (Wildman–Crippen MR) is 87.9 cm³/mol. The quantitative estimate of drug-likeness (QED) is 0.267. The van der Waals surface area contributed by atoms with Crippen LogP contribution in [0.15, 0.2) is 36.4 Å². The van der Waals surface area contributed by atoms with Gasteiger partial charge in [0.15, 0.2) is 23.3 Å². The van der Waals surface area contributed by atoms with E-state index in [4.69, 9.17) is 0 Å². The van der Waals surface area contributed by atoms with Crippen molar-refractivity contribution >= 4 is 10.8 Å². The third kappa shape index (κ3) is 2.88. The normalized spacial score (nSPS) is 12.0. The first-order chi connectivity index (χ1) is 11.6. The summed E-state index contributed by atoms with van der Waals surface area (Å²) in [4.78, 5) is 0. The molecule has 0 saturated heterocycles. The third-order valence-corrected chi connectivity index (χ3v) is 4.20. The lowest BCUT2D eigenvalue weighted by atomic mass is 9.85. The average molecular weight is 350 g/mol. The van der Waals surface area contributed by atoms with E-state index in [1.807, 2.05) is 12.1 Å². The van der Waals surface area contributed by atoms with Crippen molar-refractivity contribution in [1.82, 2.24) is 0 Å². The van der Waals surface area contributed by atoms with Crippen molar-refractivity contribution in [3.63, 3.8) is 0 Å². The molecule has 0 saturated carbocycles. The molecule has 0 radical (unpaired) electrons. The van der Waals surface area contributed by atoms with Crippen LogP contribution in [0, 0.1) is 29.1 Å². The van der Waals surface area contributed by atoms with Crippen LogP contribution in [0.5, 0.6) is 0 Å². The highest BCUT2D eigenvalue weighted by molar-refractivity contribution is 5.88. The zero-order valence-electron chi connectivity index (χ0n) is 13.9. The first kappa shape index (κ1) is 17.4. The van der Waals surface area contributed by atoms with Gasteiger partial charge in [-0.2, -0.15) is 0 Å². The summed E-state index contributed by atoms with van der Waals surface area (Å²) in [5.74, 6) is -9.72. The maximum Gasteiger partial charge on any atom is 0.200 e. The maximum absolute atomic E-state index is 14.0. The number of hydrogen-bond donors (Lipinski definition) is 0. The summed E-state index contributed by atoms with van der Waals surface area (Å²) in [6.45, 7) is 6.16. The smallest absolute Gasteiger partial charge is 0.200 e. The Hall–Kier alpha value is -2.43. The highest BCUT2D eigenvalue weighted by Crippen LogP contribution is 2.34. The summed E-state index contributed by atoms with van der Waals surface area (Å²) in [6.07, 6.45) is 0. The molecule has 0 heterocycles. The highest BCUT2D eigenvalue weighted by Gasteiger charge is 2.26. The van der Waals surface area contributed by atoms with E-state index in [2.05, 4.69) is 20.8 Å². The highest BCUT2D eigenvalue weighted by atomic mass is 19.2. The summed E-state index contributed by atoms with van der Waals surface area (Å²) >= 11 is 0. The van der Waals surface area contributed by atoms with Gasteiger partial charge in [0.2, 0.25) is 5.82 Å². The van der Waals surface area contributed by atoms with E-state index in [1.54, 1.807) is 12.1 Å². The predicted octanol–water partition coefficient (Wildman–Crippen LogP) is 6.50. The van der Waals surface area contributed by atoms with Crippen LogP contribution in [0.4, 0.5) is 22.0 Å². The Morgan fingerprint density at radius 3 is 1.64 bits per heavy atom. The molecule has 0 fully saturated rings. The minimum absolute atomic E-state index is 0.0659. The number of rotatable bonds is 1. The van der Waals surface area contributed by atoms with Gasteiger partial charge in [0.25, 0.3) is 0 Å². The summed E-state index contributed by atoms with van der Waals surface area (Å²) in [6, 6.07) is 9.97. The number of halogens is 5. The molecule has 0 atom stereocenters. The van der Waals surface area contributed by atoms with Crippen molar-refractivity contribution in [3.8, 4) is 11.1 Å². The Morgan fingerprint density at radius 1 is 0.600 bits per heavy atom. The van der Waals surface area contributed by atoms with E-state index in [0.717, 1.165) is 10.9 Å². The average Bonchev–Trinajstić information content (AvgIpc) is 2.57. The molecule has 0 amide bonds. The molecule has 130 valence electrons. The summed E-state index contributed by atoms with van der Waals surface area (Å²) in [5.41, 5.74) is 0.0138. The van der Waals surface area contributed by atoms with Gasteiger partial charge >= 0.3 is 0 Å². The minimum Gasteiger partial charge on any atom is -0.203 e. The molecule has 0 N–H and O–H groups in total. The van der Waals surface area contributed by atoms with Gasteiger partial charge in [-0.05, 0) is 33.4 Å². The number of hydrogen-bond acceptors (Lipinski definition) is 0. The molecular formula is C20H15F5. The van der Waals surface area contributed by atoms with Crippen LogP contribution in [0.25, 0.3) is 21.9 Å². The van der Waals surface area contributed by atoms with Crippen LogP contribution in [0.2, 0.25) is 0 Å². The molecule has 25 heavy (non-hydrogen) atoms. The van der Waals surface area contributed by atoms with Crippen molar-refractivity contribution in [2.75, 3.05) is 0 Å². The Bertz CT molecular complexity index is 955. The second kappa shape index (κ2) is 5.83. The lowest BCUT2D eigenvalue weighted by molar-refractivity contribution is 0.381. The monoisotopic (exact) mass is 350 g/mol. The summed E-state index contributed by atoms with van der Waals surface area (Å²) in [7, 11) is 0. The Morgan fingerprint density at radius 2 is 1.08 bits per heavy atom. The van der Waals surface area contributed by atoms with Gasteiger partial charge in [-0.25, -0.2) is 22.0 Å². The standard InChI is InChI=1S/C20H15F5/c1-20(2,3)13-7-6-10-8-12(5-4-11(10)9-13)14-15(21)17(23)19(25)18(24)16(14)22/h4-9H,1-3H3. The van der Waals surface area contributed by atoms with Gasteiger partial charge < -0.3 is 0 Å². The van der Waals surface area contributed by atoms with E-state index in [0.29, 0.717) is 5.39 Å². The molecule has 0 spiro atoms. The van der Waals surface area contributed by atoms with Gasteiger partial charge in [0.1, 0.15) is 0 Å². The van der Waals surface area contributed by atoms with Crippen LogP contribution >= 0.6 is 0 Å². The van der Waals surface area contributed by atoms with Crippen molar-refractivity contribution in [2.45, 2.75) is 26.2 Å². The van der Waals surface area contributed by atoms with E-state index in [-0.39, 0.29) is 11.0 Å². The molecule has 0 unspecified atom stereocenters. The number of fused-ring (bicyclic) bond motifs is 1. The molecule has 0 aliphatic heterocycles. The minimum atomic E-state index is -2.16. The van der Waals surface area contributed by atoms with Gasteiger partial charge in [-0.15, -0.1) is 0 Å². The Balaban J connectivity index is 2.22. The van der Waals surface area contributed by atoms with Gasteiger partial charge in [-0.1, -0.05) is 51.1 Å². The SMILES string of the molecule is CC(C)(C)c1ccc2cc(-c3c(F)c(F)c(F)c(F)c3F)ccc2c1. The lowest BCUT2D eigenvalue weighted by Gasteiger charge is -2.19. The lowest BCUT2D eigenvalue weighted by Crippen LogP contribution is -2.10. The molecule has 0 aliphatic rings. The second-order valence-corrected chi connectivity index (χ2v) is 6.97. The first-order valence-electron chi connectivity index (χ1n) is 7.67. The van der Waals surface area contributed by atoms with Gasteiger partial charge in [-0.3, -0.25) is 0 Å². The summed E-state index contributed by atoms with van der Waals surface area (Å²) < 4.78 is 68.0. The van der Waals surface area contributed by atoms with Gasteiger partial charge in [0.05, 0.1) is 5.56 Å². The zero-order valence-corrected chi connectivity index (χ0v) is 13.9. The first-order valence-corrected chi connectivity index (χ1v) is 7.67. The van der Waals surface area contributed by atoms with Crippen molar-refractivity contribution in [2.24, 2.45) is 0 Å². The second-order valence-electron chi connectivity index (χ2n) is 6.97. The zero-order chi connectivity index (χ0) is 18.5. The van der Waals surface area contributed by atoms with Crippen LogP contribution in [-0.4, -0.2) is 0 Å². The van der Waals surface area contributed by atoms with Crippen LogP contribution in [0.3, 0.4) is 0 Å². The molecule has 0 aliphatic carbocycles. The fraction of sp³-hybridized carbons (Fsp3) is 0.200. The van der Waals surface area contributed by atoms with Crippen LogP contribution in [-0.2, 0) is 5.41 Å². The van der Waals surface area contributed by atoms with E-state index >= 15 is 0 Å². The topological polar surface area (TPSA) is 0 Å². The molecule has 5 heteroatoms. The fourth-order valence-corrected chi connectivity index (χ4v) is 2.73. The van der Waals surface area contributed by atoms with E-state index in [9.17, 15) is 22.0 Å². The largest absolute Gasteiger partial charge is 0.203 e. The van der Waals surface area contributed by atoms with Crippen molar-refractivity contribution in [3.05, 3.63) is 71.0 Å². The molecule has 3 rings (SSSR count). The maximum atomic E-state index is 14.0. The van der Waals surface area contributed by atoms with Crippen molar-refractivity contribution < 1.29 is 22.0 Å². The molecule has 3 aromatic rings.